The van der Waals surface area contributed by atoms with Crippen LogP contribution >= 0.6 is 0 Å². The summed E-state index contributed by atoms with van der Waals surface area (Å²) in [5, 5.41) is 2.86. The Morgan fingerprint density at radius 1 is 0.900 bits per heavy atom. The predicted octanol–water partition coefficient (Wildman–Crippen LogP) is 4.67. The molecule has 0 aromatic heterocycles. The number of carbonyl (C=O) groups excluding carboxylic acids is 1. The van der Waals surface area contributed by atoms with Crippen LogP contribution in [0.3, 0.4) is 0 Å². The summed E-state index contributed by atoms with van der Waals surface area (Å²) in [6.45, 7) is 5.58. The maximum absolute atomic E-state index is 12.9. The number of nitrogens with one attached hydrogen (secondary N) is 2. The zero-order chi connectivity index (χ0) is 21.9. The van der Waals surface area contributed by atoms with Crippen molar-refractivity contribution < 1.29 is 17.9 Å². The maximum Gasteiger partial charge on any atom is 0.262 e. The second kappa shape index (κ2) is 8.59. The number of hydrogen-bond acceptors (Lipinski definition) is 4. The standard InChI is InChI=1S/C23H24N2O4S/c1-15-6-5-7-21(17(15)3)24-23(26)18-9-8-16(2)22(14-18)30(27,28)25-19-10-12-20(29-4)13-11-19/h5-14,25H,1-4H3,(H,24,26). The summed E-state index contributed by atoms with van der Waals surface area (Å²) in [7, 11) is -2.34. The highest BCUT2D eigenvalue weighted by atomic mass is 32.2. The van der Waals surface area contributed by atoms with Crippen LogP contribution in [0, 0.1) is 20.8 Å². The van der Waals surface area contributed by atoms with Crippen LogP contribution in [-0.4, -0.2) is 21.4 Å². The highest BCUT2D eigenvalue weighted by Crippen LogP contribution is 2.24. The highest BCUT2D eigenvalue weighted by Gasteiger charge is 2.20. The van der Waals surface area contributed by atoms with Gasteiger partial charge in [-0.05, 0) is 79.9 Å². The second-order valence-corrected chi connectivity index (χ2v) is 8.67. The summed E-state index contributed by atoms with van der Waals surface area (Å²) < 4.78 is 33.5. The van der Waals surface area contributed by atoms with Gasteiger partial charge in [0.25, 0.3) is 15.9 Å². The van der Waals surface area contributed by atoms with Crippen LogP contribution in [0.1, 0.15) is 27.0 Å². The van der Waals surface area contributed by atoms with Gasteiger partial charge in [-0.2, -0.15) is 0 Å². The van der Waals surface area contributed by atoms with E-state index < -0.39 is 10.0 Å². The molecule has 3 rings (SSSR count). The number of amides is 1. The Kier molecular flexibility index (Phi) is 6.12. The van der Waals surface area contributed by atoms with Gasteiger partial charge in [-0.3, -0.25) is 9.52 Å². The third kappa shape index (κ3) is 4.63. The molecule has 0 unspecified atom stereocenters. The average Bonchev–Trinajstić information content (AvgIpc) is 2.72. The Bertz CT molecular complexity index is 1190. The molecule has 0 bridgehead atoms. The molecule has 1 amide bonds. The van der Waals surface area contributed by atoms with Crippen LogP contribution < -0.4 is 14.8 Å². The van der Waals surface area contributed by atoms with E-state index in [1.54, 1.807) is 43.3 Å². The first-order chi connectivity index (χ1) is 14.2. The number of rotatable bonds is 6. The van der Waals surface area contributed by atoms with Crippen LogP contribution in [0.4, 0.5) is 11.4 Å². The largest absolute Gasteiger partial charge is 0.497 e. The lowest BCUT2D eigenvalue weighted by molar-refractivity contribution is 0.102. The normalized spacial score (nSPS) is 11.1. The lowest BCUT2D eigenvalue weighted by Crippen LogP contribution is -2.17. The van der Waals surface area contributed by atoms with Crippen LogP contribution in [0.15, 0.2) is 65.6 Å². The van der Waals surface area contributed by atoms with E-state index in [2.05, 4.69) is 10.0 Å². The Morgan fingerprint density at radius 2 is 1.60 bits per heavy atom. The lowest BCUT2D eigenvalue weighted by Gasteiger charge is -2.14. The Labute approximate surface area is 177 Å². The van der Waals surface area contributed by atoms with Gasteiger partial charge in [0.1, 0.15) is 5.75 Å². The summed E-state index contributed by atoms with van der Waals surface area (Å²) in [4.78, 5) is 12.8. The van der Waals surface area contributed by atoms with Crippen molar-refractivity contribution in [3.63, 3.8) is 0 Å². The molecule has 0 heterocycles. The molecular weight excluding hydrogens is 400 g/mol. The Hall–Kier alpha value is -3.32. The molecule has 7 heteroatoms. The van der Waals surface area contributed by atoms with Gasteiger partial charge in [-0.1, -0.05) is 18.2 Å². The van der Waals surface area contributed by atoms with Gasteiger partial charge in [0.2, 0.25) is 0 Å². The molecule has 3 aromatic rings. The monoisotopic (exact) mass is 424 g/mol. The van der Waals surface area contributed by atoms with Crippen molar-refractivity contribution in [2.45, 2.75) is 25.7 Å². The molecule has 0 aliphatic heterocycles. The molecule has 0 radical (unpaired) electrons. The molecule has 0 saturated heterocycles. The van der Waals surface area contributed by atoms with Crippen LogP contribution in [0.2, 0.25) is 0 Å². The first-order valence-corrected chi connectivity index (χ1v) is 10.8. The fraction of sp³-hybridized carbons (Fsp3) is 0.174. The summed E-state index contributed by atoms with van der Waals surface area (Å²) in [5.41, 5.74) is 3.92. The van der Waals surface area contributed by atoms with Crippen molar-refractivity contribution in [3.8, 4) is 5.75 Å². The third-order valence-electron chi connectivity index (χ3n) is 4.93. The van der Waals surface area contributed by atoms with Gasteiger partial charge in [-0.15, -0.1) is 0 Å². The summed E-state index contributed by atoms with van der Waals surface area (Å²) in [6.07, 6.45) is 0. The van der Waals surface area contributed by atoms with Gasteiger partial charge in [0.15, 0.2) is 0 Å². The lowest BCUT2D eigenvalue weighted by atomic mass is 10.1. The number of sulfonamides is 1. The SMILES string of the molecule is COc1ccc(NS(=O)(=O)c2cc(C(=O)Nc3cccc(C)c3C)ccc2C)cc1. The number of methoxy groups -OCH3 is 1. The summed E-state index contributed by atoms with van der Waals surface area (Å²) >= 11 is 0. The number of aryl methyl sites for hydroxylation is 2. The predicted molar refractivity (Wildman–Crippen MR) is 119 cm³/mol. The molecule has 0 aliphatic carbocycles. The van der Waals surface area contributed by atoms with E-state index in [4.69, 9.17) is 4.74 Å². The summed E-state index contributed by atoms with van der Waals surface area (Å²) in [5.74, 6) is 0.254. The van der Waals surface area contributed by atoms with Crippen LogP contribution in [0.25, 0.3) is 0 Å². The van der Waals surface area contributed by atoms with E-state index in [-0.39, 0.29) is 16.4 Å². The van der Waals surface area contributed by atoms with Crippen molar-refractivity contribution in [1.82, 2.24) is 0 Å². The molecule has 156 valence electrons. The van der Waals surface area contributed by atoms with Crippen LogP contribution in [-0.2, 0) is 10.0 Å². The minimum atomic E-state index is -3.88. The Morgan fingerprint density at radius 3 is 2.27 bits per heavy atom. The van der Waals surface area contributed by atoms with Gasteiger partial charge in [0.05, 0.1) is 12.0 Å². The second-order valence-electron chi connectivity index (χ2n) is 7.02. The quantitative estimate of drug-likeness (QED) is 0.602. The molecule has 0 aliphatic rings. The molecular formula is C23H24N2O4S. The molecule has 6 nitrogen and oxygen atoms in total. The molecule has 0 spiro atoms. The molecule has 0 fully saturated rings. The zero-order valence-electron chi connectivity index (χ0n) is 17.3. The van der Waals surface area contributed by atoms with Crippen molar-refractivity contribution in [1.29, 1.82) is 0 Å². The average molecular weight is 425 g/mol. The zero-order valence-corrected chi connectivity index (χ0v) is 18.1. The Balaban J connectivity index is 1.88. The van der Waals surface area contributed by atoms with Crippen molar-refractivity contribution in [3.05, 3.63) is 82.9 Å². The number of carbonyl (C=O) groups is 1. The van der Waals surface area contributed by atoms with E-state index >= 15 is 0 Å². The minimum Gasteiger partial charge on any atom is -0.497 e. The number of ether oxygens (including phenoxy) is 1. The van der Waals surface area contributed by atoms with Crippen molar-refractivity contribution >= 4 is 27.3 Å². The first kappa shape index (κ1) is 21.4. The number of hydrogen-bond donors (Lipinski definition) is 2. The maximum atomic E-state index is 12.9. The highest BCUT2D eigenvalue weighted by molar-refractivity contribution is 7.92. The number of benzene rings is 3. The van der Waals surface area contributed by atoms with Crippen molar-refractivity contribution in [2.75, 3.05) is 17.1 Å². The minimum absolute atomic E-state index is 0.0481. The molecule has 0 atom stereocenters. The van der Waals surface area contributed by atoms with Crippen LogP contribution in [0.5, 0.6) is 5.75 Å². The van der Waals surface area contributed by atoms with E-state index in [1.807, 2.05) is 32.0 Å². The first-order valence-electron chi connectivity index (χ1n) is 9.36. The third-order valence-corrected chi connectivity index (χ3v) is 6.46. The fourth-order valence-corrected chi connectivity index (χ4v) is 4.31. The molecule has 0 saturated carbocycles. The smallest absolute Gasteiger partial charge is 0.262 e. The fourth-order valence-electron chi connectivity index (χ4n) is 2.98. The van der Waals surface area contributed by atoms with Crippen molar-refractivity contribution in [2.24, 2.45) is 0 Å². The topological polar surface area (TPSA) is 84.5 Å². The van der Waals surface area contributed by atoms with Gasteiger partial charge in [-0.25, -0.2) is 8.42 Å². The van der Waals surface area contributed by atoms with E-state index in [0.29, 0.717) is 22.7 Å². The van der Waals surface area contributed by atoms with E-state index in [9.17, 15) is 13.2 Å². The van der Waals surface area contributed by atoms with E-state index in [0.717, 1.165) is 11.1 Å². The van der Waals surface area contributed by atoms with E-state index in [1.165, 1.54) is 13.2 Å². The van der Waals surface area contributed by atoms with Gasteiger partial charge >= 0.3 is 0 Å². The summed E-state index contributed by atoms with van der Waals surface area (Å²) in [6, 6.07) is 16.8. The molecule has 3 aromatic carbocycles. The molecule has 2 N–H and O–H groups in total. The molecule has 30 heavy (non-hydrogen) atoms. The van der Waals surface area contributed by atoms with Gasteiger partial charge in [0, 0.05) is 16.9 Å². The number of anilines is 2. The van der Waals surface area contributed by atoms with Gasteiger partial charge < -0.3 is 10.1 Å².